The number of thioether (sulfide) groups is 1. The molecule has 2 aliphatic heterocycles. The summed E-state index contributed by atoms with van der Waals surface area (Å²) in [5, 5.41) is 9.20. The Labute approximate surface area is 128 Å². The molecule has 0 saturated carbocycles. The van der Waals surface area contributed by atoms with Gasteiger partial charge in [0.1, 0.15) is 0 Å². The van der Waals surface area contributed by atoms with Gasteiger partial charge in [-0.1, -0.05) is 18.2 Å². The molecule has 0 radical (unpaired) electrons. The van der Waals surface area contributed by atoms with Crippen molar-refractivity contribution in [2.45, 2.75) is 36.3 Å². The number of aliphatic carboxylic acids is 1. The van der Waals surface area contributed by atoms with Gasteiger partial charge in [-0.3, -0.25) is 9.59 Å². The van der Waals surface area contributed by atoms with Gasteiger partial charge >= 0.3 is 5.97 Å². The van der Waals surface area contributed by atoms with Gasteiger partial charge in [0.2, 0.25) is 5.91 Å². The molecular formula is C16H19NO3S. The molecule has 1 fully saturated rings. The molecule has 0 aliphatic carbocycles. The average molecular weight is 305 g/mol. The number of piperidine rings is 1. The maximum Gasteiger partial charge on any atom is 0.309 e. The van der Waals surface area contributed by atoms with Crippen molar-refractivity contribution < 1.29 is 14.7 Å². The Morgan fingerprint density at radius 2 is 1.95 bits per heavy atom. The second-order valence-corrected chi connectivity index (χ2v) is 7.35. The minimum Gasteiger partial charge on any atom is -0.481 e. The Morgan fingerprint density at radius 3 is 2.57 bits per heavy atom. The molecule has 5 heteroatoms. The van der Waals surface area contributed by atoms with Crippen molar-refractivity contribution in [3.8, 4) is 0 Å². The number of nitrogens with zero attached hydrogens (tertiary/aromatic N) is 1. The fourth-order valence-corrected chi connectivity index (χ4v) is 4.24. The molecule has 1 aromatic rings. The van der Waals surface area contributed by atoms with Gasteiger partial charge in [-0.05, 0) is 37.8 Å². The second-order valence-electron chi connectivity index (χ2n) is 6.11. The maximum absolute atomic E-state index is 12.6. The molecule has 1 atom stereocenters. The molecule has 21 heavy (non-hydrogen) atoms. The van der Waals surface area contributed by atoms with Crippen LogP contribution in [0, 0.1) is 5.41 Å². The highest BCUT2D eigenvalue weighted by Gasteiger charge is 2.40. The number of carbonyl (C=O) groups is 2. The van der Waals surface area contributed by atoms with Gasteiger partial charge in [0.25, 0.3) is 0 Å². The number of carbonyl (C=O) groups excluding carboxylic acids is 1. The molecule has 1 saturated heterocycles. The summed E-state index contributed by atoms with van der Waals surface area (Å²) in [6, 6.07) is 8.14. The first-order chi connectivity index (χ1) is 9.99. The first-order valence-corrected chi connectivity index (χ1v) is 8.14. The van der Waals surface area contributed by atoms with Gasteiger partial charge in [0.05, 0.1) is 10.7 Å². The van der Waals surface area contributed by atoms with Crippen LogP contribution in [0.15, 0.2) is 29.2 Å². The van der Waals surface area contributed by atoms with Crippen LogP contribution >= 0.6 is 11.8 Å². The van der Waals surface area contributed by atoms with Crippen molar-refractivity contribution in [3.63, 3.8) is 0 Å². The quantitative estimate of drug-likeness (QED) is 0.911. The van der Waals surface area contributed by atoms with Crippen molar-refractivity contribution in [2.24, 2.45) is 5.41 Å². The van der Waals surface area contributed by atoms with E-state index >= 15 is 0 Å². The SMILES string of the molecule is CC1(C(=O)O)CCN(C(=O)C2Cc3ccccc3S2)CC1. The van der Waals surface area contributed by atoms with E-state index in [0.29, 0.717) is 25.9 Å². The van der Waals surface area contributed by atoms with Crippen LogP contribution in [0.25, 0.3) is 0 Å². The highest BCUT2D eigenvalue weighted by atomic mass is 32.2. The lowest BCUT2D eigenvalue weighted by Crippen LogP contribution is -2.47. The Kier molecular flexibility index (Phi) is 3.69. The zero-order chi connectivity index (χ0) is 15.0. The summed E-state index contributed by atoms with van der Waals surface area (Å²) in [7, 11) is 0. The maximum atomic E-state index is 12.6. The van der Waals surface area contributed by atoms with Gasteiger partial charge < -0.3 is 10.0 Å². The van der Waals surface area contributed by atoms with E-state index in [2.05, 4.69) is 12.1 Å². The number of carboxylic acids is 1. The number of fused-ring (bicyclic) bond motifs is 1. The summed E-state index contributed by atoms with van der Waals surface area (Å²) in [4.78, 5) is 26.9. The molecule has 2 aliphatic rings. The Bertz CT molecular complexity index is 554. The van der Waals surface area contributed by atoms with Crippen molar-refractivity contribution >= 4 is 23.6 Å². The van der Waals surface area contributed by atoms with E-state index in [0.717, 1.165) is 6.42 Å². The van der Waals surface area contributed by atoms with Gasteiger partial charge in [0, 0.05) is 18.0 Å². The van der Waals surface area contributed by atoms with Gasteiger partial charge in [0.15, 0.2) is 0 Å². The van der Waals surface area contributed by atoms with Gasteiger partial charge in [-0.15, -0.1) is 11.8 Å². The molecule has 1 amide bonds. The molecule has 0 aromatic heterocycles. The molecule has 4 nitrogen and oxygen atoms in total. The molecular weight excluding hydrogens is 286 g/mol. The average Bonchev–Trinajstić information content (AvgIpc) is 2.91. The van der Waals surface area contributed by atoms with Crippen LogP contribution in [0.2, 0.25) is 0 Å². The summed E-state index contributed by atoms with van der Waals surface area (Å²) in [5.41, 5.74) is 0.566. The molecule has 0 spiro atoms. The van der Waals surface area contributed by atoms with Crippen LogP contribution in [0.5, 0.6) is 0 Å². The smallest absolute Gasteiger partial charge is 0.309 e. The standard InChI is InChI=1S/C16H19NO3S/c1-16(15(19)20)6-8-17(9-7-16)14(18)13-10-11-4-2-3-5-12(11)21-13/h2-5,13H,6-10H2,1H3,(H,19,20). The summed E-state index contributed by atoms with van der Waals surface area (Å²) in [5.74, 6) is -0.596. The van der Waals surface area contributed by atoms with Crippen molar-refractivity contribution in [1.82, 2.24) is 4.90 Å². The highest BCUT2D eigenvalue weighted by Crippen LogP contribution is 2.39. The number of carboxylic acid groups (broad SMARTS) is 1. The zero-order valence-corrected chi connectivity index (χ0v) is 12.9. The number of rotatable bonds is 2. The molecule has 2 heterocycles. The van der Waals surface area contributed by atoms with Crippen molar-refractivity contribution in [2.75, 3.05) is 13.1 Å². The van der Waals surface area contributed by atoms with E-state index in [-0.39, 0.29) is 11.2 Å². The number of amides is 1. The molecule has 1 unspecified atom stereocenters. The lowest BCUT2D eigenvalue weighted by Gasteiger charge is -2.37. The fraction of sp³-hybridized carbons (Fsp3) is 0.500. The normalized spacial score (nSPS) is 23.7. The third-order valence-corrected chi connectivity index (χ3v) is 5.92. The number of benzene rings is 1. The molecule has 1 aromatic carbocycles. The van der Waals surface area contributed by atoms with Crippen LogP contribution in [-0.4, -0.2) is 40.2 Å². The van der Waals surface area contributed by atoms with Crippen LogP contribution < -0.4 is 0 Å². The van der Waals surface area contributed by atoms with E-state index in [9.17, 15) is 14.7 Å². The summed E-state index contributed by atoms with van der Waals surface area (Å²) in [6.07, 6.45) is 1.86. The molecule has 3 rings (SSSR count). The molecule has 112 valence electrons. The first-order valence-electron chi connectivity index (χ1n) is 7.26. The van der Waals surface area contributed by atoms with E-state index in [4.69, 9.17) is 0 Å². The van der Waals surface area contributed by atoms with E-state index in [1.54, 1.807) is 18.7 Å². The lowest BCUT2D eigenvalue weighted by atomic mass is 9.80. The van der Waals surface area contributed by atoms with Crippen molar-refractivity contribution in [3.05, 3.63) is 29.8 Å². The summed E-state index contributed by atoms with van der Waals surface area (Å²) in [6.45, 7) is 2.88. The fourth-order valence-electron chi connectivity index (χ4n) is 2.96. The molecule has 0 bridgehead atoms. The summed E-state index contributed by atoms with van der Waals surface area (Å²) < 4.78 is 0. The topological polar surface area (TPSA) is 57.6 Å². The predicted molar refractivity (Wildman–Crippen MR) is 81.3 cm³/mol. The predicted octanol–water partition coefficient (Wildman–Crippen LogP) is 2.42. The second kappa shape index (κ2) is 5.37. The minimum atomic E-state index is -0.753. The Morgan fingerprint density at radius 1 is 1.29 bits per heavy atom. The third kappa shape index (κ3) is 2.67. The third-order valence-electron chi connectivity index (χ3n) is 4.62. The monoisotopic (exact) mass is 305 g/mol. The Balaban J connectivity index is 1.63. The van der Waals surface area contributed by atoms with E-state index < -0.39 is 11.4 Å². The van der Waals surface area contributed by atoms with Gasteiger partial charge in [-0.25, -0.2) is 0 Å². The van der Waals surface area contributed by atoms with Crippen molar-refractivity contribution in [1.29, 1.82) is 0 Å². The molecule has 1 N–H and O–H groups in total. The summed E-state index contributed by atoms with van der Waals surface area (Å²) >= 11 is 1.64. The van der Waals surface area contributed by atoms with Crippen LogP contribution in [0.1, 0.15) is 25.3 Å². The van der Waals surface area contributed by atoms with Crippen LogP contribution in [0.4, 0.5) is 0 Å². The number of likely N-dealkylation sites (tertiary alicyclic amines) is 1. The largest absolute Gasteiger partial charge is 0.481 e. The minimum absolute atomic E-state index is 0.0448. The van der Waals surface area contributed by atoms with Crippen LogP contribution in [-0.2, 0) is 16.0 Å². The zero-order valence-electron chi connectivity index (χ0n) is 12.0. The number of hydrogen-bond donors (Lipinski definition) is 1. The number of hydrogen-bond acceptors (Lipinski definition) is 3. The van der Waals surface area contributed by atoms with Gasteiger partial charge in [-0.2, -0.15) is 0 Å². The highest BCUT2D eigenvalue weighted by molar-refractivity contribution is 8.01. The Hall–Kier alpha value is -1.49. The van der Waals surface area contributed by atoms with E-state index in [1.807, 2.05) is 17.0 Å². The van der Waals surface area contributed by atoms with Crippen LogP contribution in [0.3, 0.4) is 0 Å². The lowest BCUT2D eigenvalue weighted by molar-refractivity contribution is -0.152. The van der Waals surface area contributed by atoms with E-state index in [1.165, 1.54) is 10.5 Å². The first kappa shape index (κ1) is 14.4.